The zero-order valence-corrected chi connectivity index (χ0v) is 13.0. The largest absolute Gasteiger partial charge is 0.289 e. The maximum absolute atomic E-state index is 12.6. The number of rotatable bonds is 3. The van der Waals surface area contributed by atoms with Crippen molar-refractivity contribution in [1.82, 2.24) is 0 Å². The molecule has 0 atom stereocenters. The highest BCUT2D eigenvalue weighted by molar-refractivity contribution is 6.32. The van der Waals surface area contributed by atoms with Crippen LogP contribution in [-0.4, -0.2) is 5.78 Å². The van der Waals surface area contributed by atoms with Crippen molar-refractivity contribution in [2.45, 2.75) is 6.92 Å². The minimum atomic E-state index is -0.000360. The fourth-order valence-electron chi connectivity index (χ4n) is 2.45. The average Bonchev–Trinajstić information content (AvgIpc) is 2.58. The Bertz CT molecular complexity index is 805. The molecule has 0 fully saturated rings. The third-order valence-corrected chi connectivity index (χ3v) is 4.18. The first-order valence-electron chi connectivity index (χ1n) is 7.12. The average molecular weight is 307 g/mol. The lowest BCUT2D eigenvalue weighted by atomic mass is 9.97. The van der Waals surface area contributed by atoms with Crippen LogP contribution in [0.3, 0.4) is 0 Å². The van der Waals surface area contributed by atoms with Gasteiger partial charge in [0.15, 0.2) is 5.78 Å². The van der Waals surface area contributed by atoms with Crippen molar-refractivity contribution < 1.29 is 4.79 Å². The van der Waals surface area contributed by atoms with Crippen LogP contribution in [0.5, 0.6) is 0 Å². The van der Waals surface area contributed by atoms with Crippen LogP contribution < -0.4 is 0 Å². The van der Waals surface area contributed by atoms with Gasteiger partial charge in [0.25, 0.3) is 0 Å². The van der Waals surface area contributed by atoms with E-state index in [9.17, 15) is 4.79 Å². The van der Waals surface area contributed by atoms with Crippen LogP contribution in [0, 0.1) is 6.92 Å². The summed E-state index contributed by atoms with van der Waals surface area (Å²) >= 11 is 6.10. The highest BCUT2D eigenvalue weighted by Gasteiger charge is 2.13. The van der Waals surface area contributed by atoms with E-state index >= 15 is 0 Å². The SMILES string of the molecule is Cc1c(Cl)cccc1C(=O)c1ccc(-c2ccccc2)cc1. The monoisotopic (exact) mass is 306 g/mol. The molecule has 0 radical (unpaired) electrons. The lowest BCUT2D eigenvalue weighted by molar-refractivity contribution is 0.103. The molecule has 3 aromatic carbocycles. The molecule has 1 nitrogen and oxygen atoms in total. The Hall–Kier alpha value is -2.38. The Balaban J connectivity index is 1.93. The summed E-state index contributed by atoms with van der Waals surface area (Å²) < 4.78 is 0. The van der Waals surface area contributed by atoms with E-state index in [1.165, 1.54) is 0 Å². The van der Waals surface area contributed by atoms with Crippen molar-refractivity contribution in [2.24, 2.45) is 0 Å². The summed E-state index contributed by atoms with van der Waals surface area (Å²) in [6.45, 7) is 1.87. The first-order chi connectivity index (χ1) is 10.7. The Morgan fingerprint density at radius 1 is 0.773 bits per heavy atom. The van der Waals surface area contributed by atoms with Crippen LogP contribution in [0.25, 0.3) is 11.1 Å². The molecule has 0 saturated heterocycles. The van der Waals surface area contributed by atoms with E-state index in [0.717, 1.165) is 16.7 Å². The maximum Gasteiger partial charge on any atom is 0.193 e. The number of halogens is 1. The molecule has 0 amide bonds. The van der Waals surface area contributed by atoms with Crippen LogP contribution in [0.15, 0.2) is 72.8 Å². The van der Waals surface area contributed by atoms with Gasteiger partial charge in [0.05, 0.1) is 0 Å². The van der Waals surface area contributed by atoms with Gasteiger partial charge in [0.1, 0.15) is 0 Å². The molecular formula is C20H15ClO. The zero-order chi connectivity index (χ0) is 15.5. The standard InChI is InChI=1S/C20H15ClO/c1-14-18(8-5-9-19(14)21)20(22)17-12-10-16(11-13-17)15-6-3-2-4-7-15/h2-13H,1H3. The second-order valence-corrected chi connectivity index (χ2v) is 5.59. The molecule has 3 aromatic rings. The van der Waals surface area contributed by atoms with E-state index in [4.69, 9.17) is 11.6 Å². The molecule has 108 valence electrons. The van der Waals surface area contributed by atoms with Gasteiger partial charge < -0.3 is 0 Å². The van der Waals surface area contributed by atoms with Crippen LogP contribution in [0.1, 0.15) is 21.5 Å². The molecule has 0 aliphatic heterocycles. The predicted molar refractivity (Wildman–Crippen MR) is 91.5 cm³/mol. The van der Waals surface area contributed by atoms with Crippen LogP contribution in [-0.2, 0) is 0 Å². The van der Waals surface area contributed by atoms with Crippen molar-refractivity contribution >= 4 is 17.4 Å². The maximum atomic E-state index is 12.6. The predicted octanol–water partition coefficient (Wildman–Crippen LogP) is 5.55. The number of ketones is 1. The van der Waals surface area contributed by atoms with Gasteiger partial charge in [-0.2, -0.15) is 0 Å². The summed E-state index contributed by atoms with van der Waals surface area (Å²) in [4.78, 5) is 12.6. The van der Waals surface area contributed by atoms with Gasteiger partial charge in [-0.3, -0.25) is 4.79 Å². The number of carbonyl (C=O) groups is 1. The molecule has 0 N–H and O–H groups in total. The molecule has 0 heterocycles. The minimum Gasteiger partial charge on any atom is -0.289 e. The summed E-state index contributed by atoms with van der Waals surface area (Å²) in [5.41, 5.74) is 4.38. The van der Waals surface area contributed by atoms with Gasteiger partial charge in [0, 0.05) is 16.1 Å². The van der Waals surface area contributed by atoms with Gasteiger partial charge in [-0.05, 0) is 29.7 Å². The third-order valence-electron chi connectivity index (χ3n) is 3.77. The molecule has 0 aliphatic carbocycles. The molecule has 0 spiro atoms. The second-order valence-electron chi connectivity index (χ2n) is 5.18. The highest BCUT2D eigenvalue weighted by Crippen LogP contribution is 2.23. The van der Waals surface area contributed by atoms with Crippen molar-refractivity contribution in [3.63, 3.8) is 0 Å². The molecule has 22 heavy (non-hydrogen) atoms. The Morgan fingerprint density at radius 3 is 2.09 bits per heavy atom. The van der Waals surface area contributed by atoms with Crippen LogP contribution >= 0.6 is 11.6 Å². The lowest BCUT2D eigenvalue weighted by Gasteiger charge is -2.07. The Labute approximate surface area is 135 Å². The lowest BCUT2D eigenvalue weighted by Crippen LogP contribution is -2.03. The number of hydrogen-bond donors (Lipinski definition) is 0. The molecule has 0 bridgehead atoms. The first kappa shape index (κ1) is 14.6. The van der Waals surface area contributed by atoms with E-state index in [1.54, 1.807) is 12.1 Å². The summed E-state index contributed by atoms with van der Waals surface area (Å²) in [5.74, 6) is -0.000360. The minimum absolute atomic E-state index is 0.000360. The zero-order valence-electron chi connectivity index (χ0n) is 12.2. The van der Waals surface area contributed by atoms with Gasteiger partial charge in [-0.1, -0.05) is 78.3 Å². The van der Waals surface area contributed by atoms with E-state index in [2.05, 4.69) is 12.1 Å². The van der Waals surface area contributed by atoms with Crippen LogP contribution in [0.4, 0.5) is 0 Å². The normalized spacial score (nSPS) is 10.5. The molecule has 3 rings (SSSR count). The first-order valence-corrected chi connectivity index (χ1v) is 7.50. The topological polar surface area (TPSA) is 17.1 Å². The summed E-state index contributed by atoms with van der Waals surface area (Å²) in [7, 11) is 0. The fourth-order valence-corrected chi connectivity index (χ4v) is 2.63. The van der Waals surface area contributed by atoms with Crippen molar-refractivity contribution in [3.8, 4) is 11.1 Å². The Kier molecular flexibility index (Phi) is 4.08. The third kappa shape index (κ3) is 2.81. The fraction of sp³-hybridized carbons (Fsp3) is 0.0500. The van der Waals surface area contributed by atoms with E-state index < -0.39 is 0 Å². The Morgan fingerprint density at radius 2 is 1.41 bits per heavy atom. The van der Waals surface area contributed by atoms with Gasteiger partial charge in [0.2, 0.25) is 0 Å². The molecule has 0 unspecified atom stereocenters. The number of hydrogen-bond acceptors (Lipinski definition) is 1. The number of carbonyl (C=O) groups excluding carboxylic acids is 1. The van der Waals surface area contributed by atoms with Crippen molar-refractivity contribution in [2.75, 3.05) is 0 Å². The van der Waals surface area contributed by atoms with Gasteiger partial charge in [-0.25, -0.2) is 0 Å². The van der Waals surface area contributed by atoms with Crippen molar-refractivity contribution in [3.05, 3.63) is 94.5 Å². The molecule has 0 aromatic heterocycles. The van der Waals surface area contributed by atoms with E-state index in [0.29, 0.717) is 16.1 Å². The summed E-state index contributed by atoms with van der Waals surface area (Å²) in [5, 5.41) is 0.617. The smallest absolute Gasteiger partial charge is 0.193 e. The van der Waals surface area contributed by atoms with E-state index in [-0.39, 0.29) is 5.78 Å². The van der Waals surface area contributed by atoms with Gasteiger partial charge in [-0.15, -0.1) is 0 Å². The summed E-state index contributed by atoms with van der Waals surface area (Å²) in [6, 6.07) is 23.2. The molecule has 0 aliphatic rings. The van der Waals surface area contributed by atoms with Crippen molar-refractivity contribution in [1.29, 1.82) is 0 Å². The quantitative estimate of drug-likeness (QED) is 0.580. The second kappa shape index (κ2) is 6.17. The highest BCUT2D eigenvalue weighted by atomic mass is 35.5. The summed E-state index contributed by atoms with van der Waals surface area (Å²) in [6.07, 6.45) is 0. The van der Waals surface area contributed by atoms with Crippen LogP contribution in [0.2, 0.25) is 5.02 Å². The molecular weight excluding hydrogens is 292 g/mol. The molecule has 2 heteroatoms. The number of benzene rings is 3. The molecule has 0 saturated carbocycles. The van der Waals surface area contributed by atoms with E-state index in [1.807, 2.05) is 55.5 Å². The van der Waals surface area contributed by atoms with Gasteiger partial charge >= 0.3 is 0 Å².